The van der Waals surface area contributed by atoms with E-state index in [2.05, 4.69) is 21.1 Å². The number of anilines is 2. The van der Waals surface area contributed by atoms with Gasteiger partial charge < -0.3 is 24.0 Å². The number of nitrogens with zero attached hydrogens (tertiary/aromatic N) is 7. The molecule has 2 aromatic heterocycles. The maximum absolute atomic E-state index is 15.6. The number of benzene rings is 2. The molecule has 3 fully saturated rings. The third-order valence-corrected chi connectivity index (χ3v) is 12.6. The van der Waals surface area contributed by atoms with Crippen LogP contribution in [0, 0.1) is 23.7 Å². The first kappa shape index (κ1) is 42.1. The van der Waals surface area contributed by atoms with Gasteiger partial charge in [0, 0.05) is 42.9 Å². The van der Waals surface area contributed by atoms with Crippen LogP contribution in [-0.4, -0.2) is 100 Å². The monoisotopic (exact) mass is 848 g/mol. The quantitative estimate of drug-likeness (QED) is 0.179. The Bertz CT molecular complexity index is 2440. The molecule has 0 spiro atoms. The Morgan fingerprint density at radius 1 is 1.19 bits per heavy atom. The van der Waals surface area contributed by atoms with Crippen molar-refractivity contribution in [3.05, 3.63) is 46.0 Å². The highest BCUT2D eigenvalue weighted by Crippen LogP contribution is 2.51. The van der Waals surface area contributed by atoms with Crippen molar-refractivity contribution in [2.24, 2.45) is 0 Å². The molecule has 59 heavy (non-hydrogen) atoms. The van der Waals surface area contributed by atoms with Crippen molar-refractivity contribution < 1.29 is 32.6 Å². The molecule has 0 saturated carbocycles. The van der Waals surface area contributed by atoms with Gasteiger partial charge in [-0.2, -0.15) is 15.2 Å². The van der Waals surface area contributed by atoms with Crippen LogP contribution in [0.25, 0.3) is 37.0 Å². The highest BCUT2D eigenvalue weighted by molar-refractivity contribution is 7.24. The molecular weight excluding hydrogens is 802 g/mol. The Hall–Kier alpha value is -5.03. The molecule has 4 aromatic rings. The zero-order chi connectivity index (χ0) is 42.8. The smallest absolute Gasteiger partial charge is 0.411 e. The summed E-state index contributed by atoms with van der Waals surface area (Å²) in [5, 5.41) is 14.3. The highest BCUT2D eigenvalue weighted by Gasteiger charge is 2.49. The zero-order valence-electron chi connectivity index (χ0n) is 34.3. The van der Waals surface area contributed by atoms with Gasteiger partial charge in [-0.25, -0.2) is 23.2 Å². The van der Waals surface area contributed by atoms with E-state index in [1.165, 1.54) is 12.1 Å². The molecule has 3 saturated heterocycles. The topological polar surface area (TPSA) is 138 Å². The number of nitrogens with one attached hydrogen (secondary N) is 1. The number of ether oxygens (including phenoxy) is 3. The summed E-state index contributed by atoms with van der Waals surface area (Å²) in [7, 11) is 1.84. The molecule has 17 heteroatoms. The van der Waals surface area contributed by atoms with Gasteiger partial charge in [0.2, 0.25) is 5.69 Å². The Kier molecular flexibility index (Phi) is 11.1. The zero-order valence-corrected chi connectivity index (χ0v) is 35.9. The molecule has 7 rings (SSSR count). The lowest BCUT2D eigenvalue weighted by Crippen LogP contribution is -2.45. The fourth-order valence-corrected chi connectivity index (χ4v) is 10.0. The Morgan fingerprint density at radius 2 is 1.92 bits per heavy atom. The van der Waals surface area contributed by atoms with Gasteiger partial charge in [-0.3, -0.25) is 10.2 Å². The average Bonchev–Trinajstić information content (AvgIpc) is 3.89. The molecule has 3 aliphatic heterocycles. The molecule has 1 N–H and O–H groups in total. The van der Waals surface area contributed by atoms with Crippen molar-refractivity contribution in [2.75, 3.05) is 43.5 Å². The number of rotatable bonds is 7. The van der Waals surface area contributed by atoms with E-state index in [4.69, 9.17) is 42.4 Å². The van der Waals surface area contributed by atoms with Crippen molar-refractivity contribution in [1.29, 1.82) is 5.26 Å². The number of likely N-dealkylation sites (tertiary alicyclic amines) is 1. The Labute approximate surface area is 351 Å². The lowest BCUT2D eigenvalue weighted by Gasteiger charge is -2.33. The summed E-state index contributed by atoms with van der Waals surface area (Å²) in [6.45, 7) is 22.2. The number of amides is 2. The number of nitriles is 1. The summed E-state index contributed by atoms with van der Waals surface area (Å²) >= 11 is 8.02. The predicted molar refractivity (Wildman–Crippen MR) is 224 cm³/mol. The van der Waals surface area contributed by atoms with Crippen LogP contribution in [0.1, 0.15) is 79.7 Å². The third-order valence-electron chi connectivity index (χ3n) is 11.2. The van der Waals surface area contributed by atoms with E-state index in [-0.39, 0.29) is 72.7 Å². The molecule has 3 aliphatic rings. The van der Waals surface area contributed by atoms with Crippen molar-refractivity contribution in [2.45, 2.75) is 109 Å². The molecule has 0 radical (unpaired) electrons. The molecule has 312 valence electrons. The highest BCUT2D eigenvalue weighted by atomic mass is 35.5. The van der Waals surface area contributed by atoms with Crippen molar-refractivity contribution in [3.8, 4) is 23.2 Å². The SMILES string of the molecule is [C-]#[N+]c1c(NC(=O)OC(C)(C)C)sc2c(F)ccc(-c3c(Cl)cc4c(N(C)[C@@H]5CCN(C(=O)OC(C)(C)C)[C@@H]5C)nc(OC[C@@]56CCCN5C[C@H](F)C6)nc4c3C#N)c12. The lowest BCUT2D eigenvalue weighted by atomic mass is 9.94. The average molecular weight is 849 g/mol. The standard InChI is InChI=1S/C42H47ClF2N8O5S/c1-22-29(13-16-53(22)39(55)58-41(5,6)7)51(9)35-25-17-27(43)30(24-11-12-28(45)34-31(24)33(47-8)36(59-34)50-38(54)57-40(2,3)4)26(19-46)32(25)48-37(49-35)56-21-42-14-10-15-52(42)20-23(44)18-42/h11-12,17,22-23,29H,10,13-16,18,20-21H2,1-7,9H3,(H,50,54)/t22-,23-,29-,42+/m1/s1. The van der Waals surface area contributed by atoms with Crippen LogP contribution < -0.4 is 15.0 Å². The van der Waals surface area contributed by atoms with Crippen molar-refractivity contribution in [3.63, 3.8) is 0 Å². The molecule has 0 aliphatic carbocycles. The van der Waals surface area contributed by atoms with Gasteiger partial charge in [0.15, 0.2) is 0 Å². The van der Waals surface area contributed by atoms with Crippen LogP contribution in [-0.2, 0) is 9.47 Å². The number of carbonyl (C=O) groups is 2. The van der Waals surface area contributed by atoms with Crippen LogP contribution in [0.15, 0.2) is 18.2 Å². The number of halogens is 3. The van der Waals surface area contributed by atoms with E-state index in [0.29, 0.717) is 37.1 Å². The van der Waals surface area contributed by atoms with Gasteiger partial charge in [0.25, 0.3) is 0 Å². The maximum atomic E-state index is 15.6. The second-order valence-electron chi connectivity index (χ2n) is 17.5. The Morgan fingerprint density at radius 3 is 2.59 bits per heavy atom. The summed E-state index contributed by atoms with van der Waals surface area (Å²) in [4.78, 5) is 45.2. The van der Waals surface area contributed by atoms with Crippen LogP contribution in [0.5, 0.6) is 6.01 Å². The van der Waals surface area contributed by atoms with Gasteiger partial charge in [-0.1, -0.05) is 17.7 Å². The Balaban J connectivity index is 1.37. The van der Waals surface area contributed by atoms with Crippen LogP contribution in [0.2, 0.25) is 5.02 Å². The fraction of sp³-hybridized carbons (Fsp3) is 0.524. The molecule has 5 heterocycles. The first-order valence-corrected chi connectivity index (χ1v) is 20.7. The number of likely N-dealkylation sites (N-methyl/N-ethyl adjacent to an activating group) is 1. The summed E-state index contributed by atoms with van der Waals surface area (Å²) in [6, 6.07) is 6.00. The number of aromatic nitrogens is 2. The van der Waals surface area contributed by atoms with Crippen LogP contribution >= 0.6 is 22.9 Å². The second-order valence-corrected chi connectivity index (χ2v) is 18.9. The molecule has 13 nitrogen and oxygen atoms in total. The minimum Gasteiger partial charge on any atom is -0.461 e. The summed E-state index contributed by atoms with van der Waals surface area (Å²) in [5.74, 6) is -0.249. The number of thiophene rings is 1. The molecule has 0 bridgehead atoms. The van der Waals surface area contributed by atoms with Gasteiger partial charge in [0.05, 0.1) is 45.0 Å². The first-order chi connectivity index (χ1) is 27.7. The van der Waals surface area contributed by atoms with Crippen molar-refractivity contribution >= 4 is 72.6 Å². The molecule has 4 atom stereocenters. The normalized spacial score (nSPS) is 22.0. The van der Waals surface area contributed by atoms with E-state index in [1.807, 2.05) is 39.6 Å². The molecule has 0 unspecified atom stereocenters. The summed E-state index contributed by atoms with van der Waals surface area (Å²) < 4.78 is 47.9. The van der Waals surface area contributed by atoms with Gasteiger partial charge in [-0.15, -0.1) is 11.3 Å². The van der Waals surface area contributed by atoms with Gasteiger partial charge in [0.1, 0.15) is 46.7 Å². The molecule has 2 amide bonds. The minimum atomic E-state index is -0.977. The van der Waals surface area contributed by atoms with E-state index >= 15 is 4.39 Å². The lowest BCUT2D eigenvalue weighted by molar-refractivity contribution is 0.0233. The fourth-order valence-electron chi connectivity index (χ4n) is 8.68. The van der Waals surface area contributed by atoms with E-state index in [1.54, 1.807) is 31.7 Å². The maximum Gasteiger partial charge on any atom is 0.411 e. The number of alkyl halides is 1. The van der Waals surface area contributed by atoms with Crippen LogP contribution in [0.3, 0.4) is 0 Å². The van der Waals surface area contributed by atoms with E-state index < -0.39 is 40.9 Å². The van der Waals surface area contributed by atoms with Crippen LogP contribution in [0.4, 0.5) is 34.9 Å². The number of carbonyl (C=O) groups excluding carboxylic acids is 2. The van der Waals surface area contributed by atoms with Crippen molar-refractivity contribution in [1.82, 2.24) is 19.8 Å². The predicted octanol–water partition coefficient (Wildman–Crippen LogP) is 9.86. The van der Waals surface area contributed by atoms with E-state index in [9.17, 15) is 19.2 Å². The summed E-state index contributed by atoms with van der Waals surface area (Å²) in [6.07, 6.45) is 0.350. The van der Waals surface area contributed by atoms with E-state index in [0.717, 1.165) is 30.7 Å². The van der Waals surface area contributed by atoms with Gasteiger partial charge in [-0.05, 0) is 92.0 Å². The number of hydrogen-bond donors (Lipinski definition) is 1. The third kappa shape index (κ3) is 8.02. The van der Waals surface area contributed by atoms with Gasteiger partial charge >= 0.3 is 18.2 Å². The molecular formula is C42H47ClF2N8O5S. The molecule has 2 aromatic carbocycles. The summed E-state index contributed by atoms with van der Waals surface area (Å²) in [5.41, 5.74) is -1.40. The largest absolute Gasteiger partial charge is 0.461 e. The minimum absolute atomic E-state index is 0.0197. The first-order valence-electron chi connectivity index (χ1n) is 19.6. The number of fused-ring (bicyclic) bond motifs is 3. The number of hydrogen-bond acceptors (Lipinski definition) is 11. The second kappa shape index (κ2) is 15.5.